The maximum atomic E-state index is 5.86. The standard InChI is InChI=1S/C18H29NO/c1-3-8-17-14-16(12-13-20-17)19-18(9-4-2)15-10-6-5-7-11-15/h5-7,10-11,16-19H,3-4,8-9,12-14H2,1-2H3. The lowest BCUT2D eigenvalue weighted by Crippen LogP contribution is -2.40. The van der Waals surface area contributed by atoms with Crippen LogP contribution in [0.15, 0.2) is 30.3 Å². The molecule has 2 nitrogen and oxygen atoms in total. The summed E-state index contributed by atoms with van der Waals surface area (Å²) in [4.78, 5) is 0. The first-order chi connectivity index (χ1) is 9.83. The van der Waals surface area contributed by atoms with Crippen molar-refractivity contribution in [1.82, 2.24) is 5.32 Å². The zero-order valence-electron chi connectivity index (χ0n) is 13.0. The highest BCUT2D eigenvalue weighted by Gasteiger charge is 2.24. The molecule has 1 saturated heterocycles. The van der Waals surface area contributed by atoms with Gasteiger partial charge in [-0.3, -0.25) is 0 Å². The van der Waals surface area contributed by atoms with Gasteiger partial charge < -0.3 is 10.1 Å². The monoisotopic (exact) mass is 275 g/mol. The molecule has 1 aliphatic heterocycles. The molecule has 3 atom stereocenters. The van der Waals surface area contributed by atoms with Crippen LogP contribution in [-0.2, 0) is 4.74 Å². The third kappa shape index (κ3) is 4.60. The van der Waals surface area contributed by atoms with Crippen molar-refractivity contribution in [3.63, 3.8) is 0 Å². The van der Waals surface area contributed by atoms with E-state index in [1.165, 1.54) is 37.7 Å². The minimum Gasteiger partial charge on any atom is -0.378 e. The number of hydrogen-bond donors (Lipinski definition) is 1. The Hall–Kier alpha value is -0.860. The average Bonchev–Trinajstić information content (AvgIpc) is 2.48. The van der Waals surface area contributed by atoms with E-state index in [-0.39, 0.29) is 0 Å². The molecule has 2 heteroatoms. The van der Waals surface area contributed by atoms with Crippen molar-refractivity contribution in [3.05, 3.63) is 35.9 Å². The fourth-order valence-electron chi connectivity index (χ4n) is 3.16. The molecule has 1 aromatic carbocycles. The van der Waals surface area contributed by atoms with Gasteiger partial charge in [0.25, 0.3) is 0 Å². The van der Waals surface area contributed by atoms with E-state index in [2.05, 4.69) is 49.5 Å². The van der Waals surface area contributed by atoms with Gasteiger partial charge in [0.2, 0.25) is 0 Å². The summed E-state index contributed by atoms with van der Waals surface area (Å²) in [5.74, 6) is 0. The van der Waals surface area contributed by atoms with Crippen LogP contribution in [-0.4, -0.2) is 18.8 Å². The third-order valence-electron chi connectivity index (χ3n) is 4.19. The Kier molecular flexibility index (Phi) is 6.55. The fourth-order valence-corrected chi connectivity index (χ4v) is 3.16. The molecule has 0 amide bonds. The van der Waals surface area contributed by atoms with Crippen LogP contribution < -0.4 is 5.32 Å². The van der Waals surface area contributed by atoms with Gasteiger partial charge >= 0.3 is 0 Å². The van der Waals surface area contributed by atoms with E-state index < -0.39 is 0 Å². The van der Waals surface area contributed by atoms with Gasteiger partial charge in [0.15, 0.2) is 0 Å². The quantitative estimate of drug-likeness (QED) is 0.793. The van der Waals surface area contributed by atoms with Crippen molar-refractivity contribution in [2.75, 3.05) is 6.61 Å². The number of rotatable bonds is 7. The lowest BCUT2D eigenvalue weighted by atomic mass is 9.96. The van der Waals surface area contributed by atoms with Gasteiger partial charge in [-0.05, 0) is 31.2 Å². The normalized spacial score (nSPS) is 24.5. The van der Waals surface area contributed by atoms with Crippen molar-refractivity contribution < 1.29 is 4.74 Å². The predicted molar refractivity (Wildman–Crippen MR) is 84.9 cm³/mol. The van der Waals surface area contributed by atoms with Crippen molar-refractivity contribution in [3.8, 4) is 0 Å². The van der Waals surface area contributed by atoms with E-state index in [0.29, 0.717) is 18.2 Å². The summed E-state index contributed by atoms with van der Waals surface area (Å²) in [5, 5.41) is 3.88. The number of nitrogens with one attached hydrogen (secondary N) is 1. The molecule has 1 aromatic rings. The summed E-state index contributed by atoms with van der Waals surface area (Å²) in [6.45, 7) is 5.42. The molecule has 0 saturated carbocycles. The first-order valence-corrected chi connectivity index (χ1v) is 8.26. The van der Waals surface area contributed by atoms with Crippen LogP contribution in [0.4, 0.5) is 0 Å². The van der Waals surface area contributed by atoms with Crippen LogP contribution in [0.3, 0.4) is 0 Å². The zero-order chi connectivity index (χ0) is 14.2. The Bertz CT molecular complexity index is 363. The van der Waals surface area contributed by atoms with E-state index in [4.69, 9.17) is 4.74 Å². The van der Waals surface area contributed by atoms with E-state index in [0.717, 1.165) is 13.0 Å². The molecule has 2 rings (SSSR count). The van der Waals surface area contributed by atoms with Crippen molar-refractivity contribution in [2.45, 2.75) is 70.6 Å². The molecular formula is C18H29NO. The molecular weight excluding hydrogens is 246 g/mol. The molecule has 112 valence electrons. The largest absolute Gasteiger partial charge is 0.378 e. The molecule has 0 radical (unpaired) electrons. The van der Waals surface area contributed by atoms with Gasteiger partial charge in [-0.2, -0.15) is 0 Å². The molecule has 0 spiro atoms. The van der Waals surface area contributed by atoms with Crippen molar-refractivity contribution >= 4 is 0 Å². The van der Waals surface area contributed by atoms with Gasteiger partial charge in [-0.25, -0.2) is 0 Å². The lowest BCUT2D eigenvalue weighted by Gasteiger charge is -2.33. The van der Waals surface area contributed by atoms with Crippen LogP contribution >= 0.6 is 0 Å². The average molecular weight is 275 g/mol. The molecule has 0 aromatic heterocycles. The van der Waals surface area contributed by atoms with Crippen LogP contribution in [0.2, 0.25) is 0 Å². The summed E-state index contributed by atoms with van der Waals surface area (Å²) in [7, 11) is 0. The van der Waals surface area contributed by atoms with Gasteiger partial charge in [0.1, 0.15) is 0 Å². The smallest absolute Gasteiger partial charge is 0.0589 e. The maximum Gasteiger partial charge on any atom is 0.0589 e. The Labute approximate surface area is 123 Å². The highest BCUT2D eigenvalue weighted by Crippen LogP contribution is 2.24. The summed E-state index contributed by atoms with van der Waals surface area (Å²) < 4.78 is 5.86. The first kappa shape index (κ1) is 15.5. The number of hydrogen-bond acceptors (Lipinski definition) is 2. The maximum absolute atomic E-state index is 5.86. The second kappa shape index (κ2) is 8.43. The summed E-state index contributed by atoms with van der Waals surface area (Å²) in [5.41, 5.74) is 1.42. The van der Waals surface area contributed by atoms with Crippen LogP contribution in [0.5, 0.6) is 0 Å². The summed E-state index contributed by atoms with van der Waals surface area (Å²) in [6.07, 6.45) is 7.61. The second-order valence-corrected chi connectivity index (χ2v) is 5.92. The highest BCUT2D eigenvalue weighted by atomic mass is 16.5. The van der Waals surface area contributed by atoms with E-state index in [1.807, 2.05) is 0 Å². The van der Waals surface area contributed by atoms with Gasteiger partial charge in [0, 0.05) is 18.7 Å². The minimum atomic E-state index is 0.462. The van der Waals surface area contributed by atoms with Crippen LogP contribution in [0.1, 0.15) is 64.0 Å². The SMILES string of the molecule is CCCC1CC(NC(CCC)c2ccccc2)CCO1. The molecule has 1 N–H and O–H groups in total. The minimum absolute atomic E-state index is 0.462. The number of benzene rings is 1. The van der Waals surface area contributed by atoms with Crippen molar-refractivity contribution in [2.24, 2.45) is 0 Å². The topological polar surface area (TPSA) is 21.3 Å². The van der Waals surface area contributed by atoms with E-state index >= 15 is 0 Å². The van der Waals surface area contributed by atoms with Crippen LogP contribution in [0, 0.1) is 0 Å². The second-order valence-electron chi connectivity index (χ2n) is 5.92. The third-order valence-corrected chi connectivity index (χ3v) is 4.19. The zero-order valence-corrected chi connectivity index (χ0v) is 13.0. The van der Waals surface area contributed by atoms with Crippen molar-refractivity contribution in [1.29, 1.82) is 0 Å². The molecule has 20 heavy (non-hydrogen) atoms. The Morgan fingerprint density at radius 3 is 2.70 bits per heavy atom. The Morgan fingerprint density at radius 1 is 1.20 bits per heavy atom. The highest BCUT2D eigenvalue weighted by molar-refractivity contribution is 5.19. The lowest BCUT2D eigenvalue weighted by molar-refractivity contribution is -0.00526. The molecule has 0 bridgehead atoms. The molecule has 3 unspecified atom stereocenters. The summed E-state index contributed by atoms with van der Waals surface area (Å²) in [6, 6.07) is 12.0. The molecule has 1 aliphatic rings. The van der Waals surface area contributed by atoms with Crippen LogP contribution in [0.25, 0.3) is 0 Å². The van der Waals surface area contributed by atoms with E-state index in [1.54, 1.807) is 0 Å². The molecule has 0 aliphatic carbocycles. The van der Waals surface area contributed by atoms with E-state index in [9.17, 15) is 0 Å². The predicted octanol–water partition coefficient (Wildman–Crippen LogP) is 4.47. The summed E-state index contributed by atoms with van der Waals surface area (Å²) >= 11 is 0. The Morgan fingerprint density at radius 2 is 2.00 bits per heavy atom. The number of ether oxygens (including phenoxy) is 1. The molecule has 1 fully saturated rings. The first-order valence-electron chi connectivity index (χ1n) is 8.26. The van der Waals surface area contributed by atoms with Gasteiger partial charge in [-0.15, -0.1) is 0 Å². The van der Waals surface area contributed by atoms with Gasteiger partial charge in [-0.1, -0.05) is 57.0 Å². The molecule has 1 heterocycles. The van der Waals surface area contributed by atoms with Gasteiger partial charge in [0.05, 0.1) is 6.10 Å². The fraction of sp³-hybridized carbons (Fsp3) is 0.667. The Balaban J connectivity index is 1.94.